The fraction of sp³-hybridized carbons (Fsp3) is 0.150. The van der Waals surface area contributed by atoms with E-state index >= 15 is 0 Å². The lowest BCUT2D eigenvalue weighted by Gasteiger charge is -2.10. The lowest BCUT2D eigenvalue weighted by molar-refractivity contribution is 0.0976. The summed E-state index contributed by atoms with van der Waals surface area (Å²) in [5.41, 5.74) is 2.18. The molecule has 0 unspecified atom stereocenters. The van der Waals surface area contributed by atoms with Gasteiger partial charge in [0.05, 0.1) is 0 Å². The SMILES string of the molecule is CCc1nnc2sc(-c3ccc(CNC(=S)NC(=O)c4cccc(F)c4)cc3)nn12. The molecule has 2 aromatic carbocycles. The Morgan fingerprint density at radius 3 is 2.73 bits per heavy atom. The maximum atomic E-state index is 13.2. The molecule has 0 radical (unpaired) electrons. The Morgan fingerprint density at radius 1 is 1.20 bits per heavy atom. The van der Waals surface area contributed by atoms with Crippen LogP contribution in [-0.4, -0.2) is 30.8 Å². The highest BCUT2D eigenvalue weighted by molar-refractivity contribution is 7.80. The molecule has 2 heterocycles. The number of nitrogens with zero attached hydrogens (tertiary/aromatic N) is 4. The topological polar surface area (TPSA) is 84.2 Å². The number of thiocarbonyl (C=S) groups is 1. The summed E-state index contributed by atoms with van der Waals surface area (Å²) in [7, 11) is 0. The third-order valence-electron chi connectivity index (χ3n) is 4.34. The minimum absolute atomic E-state index is 0.175. The molecule has 30 heavy (non-hydrogen) atoms. The van der Waals surface area contributed by atoms with E-state index in [9.17, 15) is 9.18 Å². The van der Waals surface area contributed by atoms with Crippen LogP contribution in [0.2, 0.25) is 0 Å². The number of rotatable bonds is 5. The molecular weight excluding hydrogens is 423 g/mol. The van der Waals surface area contributed by atoms with Gasteiger partial charge < -0.3 is 5.32 Å². The van der Waals surface area contributed by atoms with Crippen LogP contribution in [0.15, 0.2) is 48.5 Å². The number of amides is 1. The zero-order chi connectivity index (χ0) is 21.1. The summed E-state index contributed by atoms with van der Waals surface area (Å²) < 4.78 is 15.0. The fourth-order valence-electron chi connectivity index (χ4n) is 2.79. The second kappa shape index (κ2) is 8.64. The predicted molar refractivity (Wildman–Crippen MR) is 117 cm³/mol. The number of nitrogens with one attached hydrogen (secondary N) is 2. The molecule has 0 aliphatic rings. The lowest BCUT2D eigenvalue weighted by atomic mass is 10.1. The van der Waals surface area contributed by atoms with Gasteiger partial charge in [0.2, 0.25) is 4.96 Å². The first-order chi connectivity index (χ1) is 14.5. The lowest BCUT2D eigenvalue weighted by Crippen LogP contribution is -2.38. The number of carbonyl (C=O) groups is 1. The maximum absolute atomic E-state index is 13.2. The third kappa shape index (κ3) is 4.34. The van der Waals surface area contributed by atoms with Gasteiger partial charge in [-0.25, -0.2) is 4.39 Å². The summed E-state index contributed by atoms with van der Waals surface area (Å²) in [6.07, 6.45) is 0.768. The van der Waals surface area contributed by atoms with E-state index in [0.717, 1.165) is 39.4 Å². The first kappa shape index (κ1) is 20.0. The Bertz CT molecular complexity index is 1220. The van der Waals surface area contributed by atoms with Crippen molar-refractivity contribution in [1.29, 1.82) is 0 Å². The molecule has 0 spiro atoms. The van der Waals surface area contributed by atoms with Gasteiger partial charge in [0.1, 0.15) is 10.8 Å². The van der Waals surface area contributed by atoms with Gasteiger partial charge in [-0.05, 0) is 36.0 Å². The smallest absolute Gasteiger partial charge is 0.257 e. The summed E-state index contributed by atoms with van der Waals surface area (Å²) in [5.74, 6) is -0.100. The number of hydrogen-bond donors (Lipinski definition) is 2. The normalized spacial score (nSPS) is 10.9. The molecule has 0 aliphatic heterocycles. The van der Waals surface area contributed by atoms with E-state index in [0.29, 0.717) is 6.54 Å². The van der Waals surface area contributed by atoms with E-state index in [1.807, 2.05) is 31.2 Å². The van der Waals surface area contributed by atoms with Crippen LogP contribution in [0.25, 0.3) is 15.5 Å². The molecule has 0 atom stereocenters. The van der Waals surface area contributed by atoms with Crippen LogP contribution in [0, 0.1) is 5.82 Å². The van der Waals surface area contributed by atoms with Crippen molar-refractivity contribution in [2.75, 3.05) is 0 Å². The summed E-state index contributed by atoms with van der Waals surface area (Å²) in [4.78, 5) is 12.9. The largest absolute Gasteiger partial charge is 0.358 e. The van der Waals surface area contributed by atoms with Gasteiger partial charge in [0.15, 0.2) is 10.9 Å². The Kier molecular flexibility index (Phi) is 5.77. The number of aromatic nitrogens is 4. The van der Waals surface area contributed by atoms with Crippen molar-refractivity contribution in [3.05, 3.63) is 71.3 Å². The van der Waals surface area contributed by atoms with E-state index < -0.39 is 11.7 Å². The zero-order valence-corrected chi connectivity index (χ0v) is 17.6. The van der Waals surface area contributed by atoms with E-state index in [4.69, 9.17) is 12.2 Å². The average Bonchev–Trinajstić information content (AvgIpc) is 3.33. The average molecular weight is 441 g/mol. The zero-order valence-electron chi connectivity index (χ0n) is 15.9. The van der Waals surface area contributed by atoms with Gasteiger partial charge in [-0.2, -0.15) is 9.61 Å². The molecule has 152 valence electrons. The van der Waals surface area contributed by atoms with Gasteiger partial charge in [-0.15, -0.1) is 10.2 Å². The maximum Gasteiger partial charge on any atom is 0.257 e. The van der Waals surface area contributed by atoms with Crippen LogP contribution in [0.3, 0.4) is 0 Å². The number of fused-ring (bicyclic) bond motifs is 1. The first-order valence-electron chi connectivity index (χ1n) is 9.18. The summed E-state index contributed by atoms with van der Waals surface area (Å²) >= 11 is 6.64. The van der Waals surface area contributed by atoms with Crippen LogP contribution in [-0.2, 0) is 13.0 Å². The van der Waals surface area contributed by atoms with Crippen LogP contribution in [0.1, 0.15) is 28.7 Å². The molecule has 0 bridgehead atoms. The fourth-order valence-corrected chi connectivity index (χ4v) is 3.82. The van der Waals surface area contributed by atoms with Crippen LogP contribution in [0.5, 0.6) is 0 Å². The number of benzene rings is 2. The van der Waals surface area contributed by atoms with Gasteiger partial charge >= 0.3 is 0 Å². The highest BCUT2D eigenvalue weighted by Crippen LogP contribution is 2.25. The predicted octanol–water partition coefficient (Wildman–Crippen LogP) is 3.36. The molecule has 2 N–H and O–H groups in total. The van der Waals surface area contributed by atoms with Crippen molar-refractivity contribution in [1.82, 2.24) is 30.4 Å². The first-order valence-corrected chi connectivity index (χ1v) is 10.4. The Balaban J connectivity index is 1.35. The Labute approximate surface area is 181 Å². The summed E-state index contributed by atoms with van der Waals surface area (Å²) in [5, 5.41) is 19.4. The van der Waals surface area contributed by atoms with Crippen molar-refractivity contribution in [2.24, 2.45) is 0 Å². The second-order valence-corrected chi connectivity index (χ2v) is 7.78. The molecular formula is C20H17FN6OS2. The van der Waals surface area contributed by atoms with Crippen molar-refractivity contribution < 1.29 is 9.18 Å². The number of carbonyl (C=O) groups excluding carboxylic acids is 1. The van der Waals surface area contributed by atoms with E-state index in [2.05, 4.69) is 25.9 Å². The summed E-state index contributed by atoms with van der Waals surface area (Å²) in [6.45, 7) is 2.45. The van der Waals surface area contributed by atoms with Crippen LogP contribution >= 0.6 is 23.6 Å². The number of hydrogen-bond acceptors (Lipinski definition) is 6. The van der Waals surface area contributed by atoms with Crippen LogP contribution in [0.4, 0.5) is 4.39 Å². The van der Waals surface area contributed by atoms with Crippen LogP contribution < -0.4 is 10.6 Å². The number of aryl methyl sites for hydroxylation is 1. The molecule has 1 amide bonds. The summed E-state index contributed by atoms with van der Waals surface area (Å²) in [6, 6.07) is 13.3. The monoisotopic (exact) mass is 440 g/mol. The van der Waals surface area contributed by atoms with Gasteiger partial charge in [-0.1, -0.05) is 48.6 Å². The molecule has 10 heteroatoms. The van der Waals surface area contributed by atoms with Gasteiger partial charge in [0.25, 0.3) is 5.91 Å². The third-order valence-corrected chi connectivity index (χ3v) is 5.53. The van der Waals surface area contributed by atoms with Crippen molar-refractivity contribution in [3.8, 4) is 10.6 Å². The van der Waals surface area contributed by atoms with E-state index in [-0.39, 0.29) is 10.7 Å². The molecule has 7 nitrogen and oxygen atoms in total. The molecule has 0 saturated heterocycles. The molecule has 4 aromatic rings. The molecule has 0 aliphatic carbocycles. The Morgan fingerprint density at radius 2 is 2.00 bits per heavy atom. The van der Waals surface area contributed by atoms with Gasteiger partial charge in [0, 0.05) is 24.1 Å². The minimum atomic E-state index is -0.475. The molecule has 0 saturated carbocycles. The van der Waals surface area contributed by atoms with Crippen molar-refractivity contribution >= 4 is 39.5 Å². The van der Waals surface area contributed by atoms with Gasteiger partial charge in [-0.3, -0.25) is 10.1 Å². The molecule has 0 fully saturated rings. The van der Waals surface area contributed by atoms with Crippen molar-refractivity contribution in [2.45, 2.75) is 19.9 Å². The van der Waals surface area contributed by atoms with E-state index in [1.54, 1.807) is 4.52 Å². The minimum Gasteiger partial charge on any atom is -0.358 e. The second-order valence-electron chi connectivity index (χ2n) is 6.42. The molecule has 4 rings (SSSR count). The highest BCUT2D eigenvalue weighted by Gasteiger charge is 2.12. The number of halogens is 1. The van der Waals surface area contributed by atoms with Crippen molar-refractivity contribution in [3.63, 3.8) is 0 Å². The van der Waals surface area contributed by atoms with E-state index in [1.165, 1.54) is 29.5 Å². The standard InChI is InChI=1S/C20H17FN6OS2/c1-2-16-24-25-20-27(16)26-18(30-20)13-8-6-12(7-9-13)11-22-19(29)23-17(28)14-4-3-5-15(21)10-14/h3-10H,2,11H2,1H3,(H2,22,23,28,29). The Hall–Kier alpha value is -3.24. The quantitative estimate of drug-likeness (QED) is 0.463. The highest BCUT2D eigenvalue weighted by atomic mass is 32.1. The molecule has 2 aromatic heterocycles.